The predicted octanol–water partition coefficient (Wildman–Crippen LogP) is 2.73. The van der Waals surface area contributed by atoms with Crippen molar-refractivity contribution >= 4 is 5.82 Å². The van der Waals surface area contributed by atoms with E-state index in [-0.39, 0.29) is 5.82 Å². The smallest absolute Gasteiger partial charge is 0.148 e. The zero-order valence-electron chi connectivity index (χ0n) is 10.8. The first-order valence-corrected chi connectivity index (χ1v) is 6.12. The molecule has 1 heterocycles. The second kappa shape index (κ2) is 6.80. The molecule has 0 unspecified atom stereocenters. The van der Waals surface area contributed by atoms with E-state index in [1.54, 1.807) is 19.2 Å². The number of aromatic nitrogens is 2. The van der Waals surface area contributed by atoms with Crippen molar-refractivity contribution in [2.45, 2.75) is 6.42 Å². The largest absolute Gasteiger partial charge is 0.385 e. The Morgan fingerprint density at radius 2 is 1.89 bits per heavy atom. The van der Waals surface area contributed by atoms with Crippen molar-refractivity contribution in [3.05, 3.63) is 42.2 Å². The molecule has 2 aromatic rings. The van der Waals surface area contributed by atoms with Gasteiger partial charge in [0.25, 0.3) is 0 Å². The number of ether oxygens (including phenoxy) is 1. The monoisotopic (exact) mass is 261 g/mol. The SMILES string of the molecule is COCCCNc1ccc(-c2ccc(F)cc2)nn1. The van der Waals surface area contributed by atoms with Crippen molar-refractivity contribution in [3.63, 3.8) is 0 Å². The van der Waals surface area contributed by atoms with E-state index in [4.69, 9.17) is 4.74 Å². The van der Waals surface area contributed by atoms with Crippen LogP contribution in [0.2, 0.25) is 0 Å². The van der Waals surface area contributed by atoms with E-state index >= 15 is 0 Å². The molecule has 0 aliphatic carbocycles. The molecule has 4 nitrogen and oxygen atoms in total. The fraction of sp³-hybridized carbons (Fsp3) is 0.286. The Kier molecular flexibility index (Phi) is 4.80. The number of benzene rings is 1. The minimum absolute atomic E-state index is 0.256. The van der Waals surface area contributed by atoms with Gasteiger partial charge in [-0.05, 0) is 42.8 Å². The summed E-state index contributed by atoms with van der Waals surface area (Å²) < 4.78 is 17.8. The van der Waals surface area contributed by atoms with Crippen molar-refractivity contribution in [2.75, 3.05) is 25.6 Å². The van der Waals surface area contributed by atoms with Crippen molar-refractivity contribution < 1.29 is 9.13 Å². The molecule has 1 aromatic carbocycles. The summed E-state index contributed by atoms with van der Waals surface area (Å²) in [5.74, 6) is 0.468. The lowest BCUT2D eigenvalue weighted by molar-refractivity contribution is 0.197. The highest BCUT2D eigenvalue weighted by Gasteiger charge is 2.01. The number of halogens is 1. The first-order chi connectivity index (χ1) is 9.29. The third kappa shape index (κ3) is 3.99. The van der Waals surface area contributed by atoms with Crippen molar-refractivity contribution in [3.8, 4) is 11.3 Å². The molecule has 0 amide bonds. The summed E-state index contributed by atoms with van der Waals surface area (Å²) in [6.45, 7) is 1.51. The molecule has 0 saturated heterocycles. The normalized spacial score (nSPS) is 10.4. The Morgan fingerprint density at radius 3 is 2.53 bits per heavy atom. The number of anilines is 1. The molecule has 0 radical (unpaired) electrons. The predicted molar refractivity (Wildman–Crippen MR) is 72.4 cm³/mol. The van der Waals surface area contributed by atoms with Crippen LogP contribution in [0.1, 0.15) is 6.42 Å². The van der Waals surface area contributed by atoms with Gasteiger partial charge in [0.2, 0.25) is 0 Å². The van der Waals surface area contributed by atoms with Gasteiger partial charge in [-0.15, -0.1) is 10.2 Å². The fourth-order valence-corrected chi connectivity index (χ4v) is 1.63. The van der Waals surface area contributed by atoms with Gasteiger partial charge >= 0.3 is 0 Å². The summed E-state index contributed by atoms with van der Waals surface area (Å²) >= 11 is 0. The molecule has 0 saturated carbocycles. The lowest BCUT2D eigenvalue weighted by atomic mass is 10.1. The second-order valence-electron chi connectivity index (χ2n) is 4.08. The van der Waals surface area contributed by atoms with E-state index in [0.717, 1.165) is 30.0 Å². The molecule has 0 aliphatic heterocycles. The van der Waals surface area contributed by atoms with Gasteiger partial charge in [0, 0.05) is 25.8 Å². The molecule has 5 heteroatoms. The number of nitrogens with one attached hydrogen (secondary N) is 1. The minimum Gasteiger partial charge on any atom is -0.385 e. The van der Waals surface area contributed by atoms with Crippen LogP contribution in [0.3, 0.4) is 0 Å². The van der Waals surface area contributed by atoms with Crippen molar-refractivity contribution in [1.29, 1.82) is 0 Å². The standard InChI is InChI=1S/C14H16FN3O/c1-19-10-2-9-16-14-8-7-13(17-18-14)11-3-5-12(15)6-4-11/h3-8H,2,9-10H2,1H3,(H,16,18). The Balaban J connectivity index is 1.96. The van der Waals surface area contributed by atoms with Crippen LogP contribution >= 0.6 is 0 Å². The molecule has 19 heavy (non-hydrogen) atoms. The summed E-state index contributed by atoms with van der Waals surface area (Å²) in [4.78, 5) is 0. The molecule has 100 valence electrons. The van der Waals surface area contributed by atoms with Crippen LogP contribution in [-0.2, 0) is 4.74 Å². The molecule has 1 aromatic heterocycles. The van der Waals surface area contributed by atoms with E-state index in [2.05, 4.69) is 15.5 Å². The molecular weight excluding hydrogens is 245 g/mol. The molecule has 0 bridgehead atoms. The van der Waals surface area contributed by atoms with Crippen LogP contribution in [0.25, 0.3) is 11.3 Å². The van der Waals surface area contributed by atoms with E-state index in [9.17, 15) is 4.39 Å². The summed E-state index contributed by atoms with van der Waals surface area (Å²) in [7, 11) is 1.68. The minimum atomic E-state index is -0.256. The maximum atomic E-state index is 12.8. The van der Waals surface area contributed by atoms with Gasteiger partial charge in [0.1, 0.15) is 11.6 Å². The maximum Gasteiger partial charge on any atom is 0.148 e. The van der Waals surface area contributed by atoms with Crippen LogP contribution < -0.4 is 5.32 Å². The van der Waals surface area contributed by atoms with Crippen LogP contribution in [0.5, 0.6) is 0 Å². The van der Waals surface area contributed by atoms with E-state index in [1.165, 1.54) is 12.1 Å². The highest BCUT2D eigenvalue weighted by molar-refractivity contribution is 5.59. The molecule has 0 fully saturated rings. The average molecular weight is 261 g/mol. The Hall–Kier alpha value is -2.01. The van der Waals surface area contributed by atoms with Crippen molar-refractivity contribution in [2.24, 2.45) is 0 Å². The highest BCUT2D eigenvalue weighted by Crippen LogP contribution is 2.17. The van der Waals surface area contributed by atoms with Gasteiger partial charge < -0.3 is 10.1 Å². The molecule has 1 N–H and O–H groups in total. The zero-order valence-corrected chi connectivity index (χ0v) is 10.8. The maximum absolute atomic E-state index is 12.8. The topological polar surface area (TPSA) is 47.0 Å². The number of rotatable bonds is 6. The third-order valence-corrected chi connectivity index (χ3v) is 2.64. The van der Waals surface area contributed by atoms with Gasteiger partial charge in [-0.3, -0.25) is 0 Å². The summed E-state index contributed by atoms with van der Waals surface area (Å²) in [6, 6.07) is 9.91. The fourth-order valence-electron chi connectivity index (χ4n) is 1.63. The van der Waals surface area contributed by atoms with Crippen LogP contribution in [0.15, 0.2) is 36.4 Å². The third-order valence-electron chi connectivity index (χ3n) is 2.64. The van der Waals surface area contributed by atoms with E-state index in [0.29, 0.717) is 6.61 Å². The van der Waals surface area contributed by atoms with Gasteiger partial charge in [0.05, 0.1) is 5.69 Å². The average Bonchev–Trinajstić information content (AvgIpc) is 2.45. The molecule has 2 rings (SSSR count). The highest BCUT2D eigenvalue weighted by atomic mass is 19.1. The quantitative estimate of drug-likeness (QED) is 0.812. The summed E-state index contributed by atoms with van der Waals surface area (Å²) in [5.41, 5.74) is 1.57. The van der Waals surface area contributed by atoms with Gasteiger partial charge in [-0.2, -0.15) is 0 Å². The molecule has 0 atom stereocenters. The lowest BCUT2D eigenvalue weighted by Gasteiger charge is -2.05. The van der Waals surface area contributed by atoms with E-state index in [1.807, 2.05) is 12.1 Å². The first-order valence-electron chi connectivity index (χ1n) is 6.12. The van der Waals surface area contributed by atoms with Gasteiger partial charge in [-0.1, -0.05) is 0 Å². The van der Waals surface area contributed by atoms with Crippen LogP contribution in [0, 0.1) is 5.82 Å². The summed E-state index contributed by atoms with van der Waals surface area (Å²) in [5, 5.41) is 11.3. The molecule has 0 spiro atoms. The number of hydrogen-bond donors (Lipinski definition) is 1. The molecular formula is C14H16FN3O. The number of nitrogens with zero attached hydrogens (tertiary/aromatic N) is 2. The first kappa shape index (κ1) is 13.4. The molecule has 0 aliphatic rings. The Morgan fingerprint density at radius 1 is 1.11 bits per heavy atom. The van der Waals surface area contributed by atoms with E-state index < -0.39 is 0 Å². The lowest BCUT2D eigenvalue weighted by Crippen LogP contribution is -2.06. The van der Waals surface area contributed by atoms with Crippen LogP contribution in [-0.4, -0.2) is 30.5 Å². The Labute approximate surface area is 111 Å². The van der Waals surface area contributed by atoms with Gasteiger partial charge in [0.15, 0.2) is 0 Å². The van der Waals surface area contributed by atoms with Gasteiger partial charge in [-0.25, -0.2) is 4.39 Å². The zero-order chi connectivity index (χ0) is 13.5. The number of methoxy groups -OCH3 is 1. The second-order valence-corrected chi connectivity index (χ2v) is 4.08. The Bertz CT molecular complexity index is 499. The number of hydrogen-bond acceptors (Lipinski definition) is 4. The van der Waals surface area contributed by atoms with Crippen LogP contribution in [0.4, 0.5) is 10.2 Å². The van der Waals surface area contributed by atoms with Crippen molar-refractivity contribution in [1.82, 2.24) is 10.2 Å². The summed E-state index contributed by atoms with van der Waals surface area (Å²) in [6.07, 6.45) is 0.915.